The van der Waals surface area contributed by atoms with Gasteiger partial charge in [0.15, 0.2) is 11.5 Å². The molecule has 0 spiro atoms. The number of nitrogens with two attached hydrogens (primary N) is 1. The normalized spacial score (nSPS) is 15.1. The number of amides is 1. The highest BCUT2D eigenvalue weighted by molar-refractivity contribution is 5.92. The third-order valence-corrected chi connectivity index (χ3v) is 5.62. The molecule has 2 heterocycles. The molecular weight excluding hydrogens is 441 g/mol. The van der Waals surface area contributed by atoms with Gasteiger partial charge in [-0.25, -0.2) is 9.97 Å². The lowest BCUT2D eigenvalue weighted by atomic mass is 9.96. The van der Waals surface area contributed by atoms with E-state index < -0.39 is 6.04 Å². The monoisotopic (exact) mass is 473 g/mol. The van der Waals surface area contributed by atoms with Crippen molar-refractivity contribution in [3.05, 3.63) is 18.5 Å². The van der Waals surface area contributed by atoms with Crippen molar-refractivity contribution in [2.45, 2.75) is 32.7 Å². The van der Waals surface area contributed by atoms with Gasteiger partial charge in [0.25, 0.3) is 0 Å². The Hall–Kier alpha value is -2.03. The summed E-state index contributed by atoms with van der Waals surface area (Å²) in [7, 11) is 3.24. The Morgan fingerprint density at radius 2 is 1.77 bits per heavy atom. The molecule has 0 unspecified atom stereocenters. The lowest BCUT2D eigenvalue weighted by molar-refractivity contribution is -0.123. The first-order valence-corrected chi connectivity index (χ1v) is 10.1. The van der Waals surface area contributed by atoms with Crippen molar-refractivity contribution in [3.8, 4) is 11.5 Å². The molecule has 1 aliphatic rings. The molecule has 0 bridgehead atoms. The number of fused-ring (bicyclic) bond motifs is 1. The lowest BCUT2D eigenvalue weighted by Crippen LogP contribution is -2.46. The number of hydrogen-bond donors (Lipinski definition) is 2. The summed E-state index contributed by atoms with van der Waals surface area (Å²) in [6.45, 7) is 6.33. The van der Waals surface area contributed by atoms with E-state index in [4.69, 9.17) is 15.2 Å². The van der Waals surface area contributed by atoms with Gasteiger partial charge in [-0.3, -0.25) is 4.79 Å². The third-order valence-electron chi connectivity index (χ3n) is 5.62. The van der Waals surface area contributed by atoms with E-state index in [1.807, 2.05) is 26.0 Å². The van der Waals surface area contributed by atoms with Gasteiger partial charge in [-0.2, -0.15) is 0 Å². The Bertz CT molecular complexity index is 860. The second-order valence-electron chi connectivity index (χ2n) is 7.87. The van der Waals surface area contributed by atoms with Gasteiger partial charge in [-0.1, -0.05) is 13.8 Å². The van der Waals surface area contributed by atoms with Crippen LogP contribution in [0.2, 0.25) is 0 Å². The second kappa shape index (κ2) is 12.1. The van der Waals surface area contributed by atoms with Crippen molar-refractivity contribution >= 4 is 47.4 Å². The van der Waals surface area contributed by atoms with Crippen LogP contribution in [0.15, 0.2) is 18.5 Å². The fourth-order valence-electron chi connectivity index (χ4n) is 3.64. The van der Waals surface area contributed by atoms with Crippen molar-refractivity contribution in [1.29, 1.82) is 0 Å². The van der Waals surface area contributed by atoms with Gasteiger partial charge in [-0.15, -0.1) is 24.8 Å². The molecule has 0 radical (unpaired) electrons. The second-order valence-corrected chi connectivity index (χ2v) is 7.87. The van der Waals surface area contributed by atoms with Gasteiger partial charge in [0, 0.05) is 31.1 Å². The minimum absolute atomic E-state index is 0. The maximum atomic E-state index is 12.1. The number of benzene rings is 1. The summed E-state index contributed by atoms with van der Waals surface area (Å²) in [5.74, 6) is 2.73. The maximum Gasteiger partial charge on any atom is 0.237 e. The largest absolute Gasteiger partial charge is 0.493 e. The molecule has 1 saturated heterocycles. The molecule has 0 saturated carbocycles. The number of anilines is 1. The van der Waals surface area contributed by atoms with E-state index in [1.54, 1.807) is 20.5 Å². The highest BCUT2D eigenvalue weighted by Crippen LogP contribution is 2.35. The molecular formula is C21H33Cl2N5O3. The number of nitrogens with one attached hydrogen (secondary N) is 1. The van der Waals surface area contributed by atoms with Crippen LogP contribution in [0.1, 0.15) is 26.7 Å². The molecule has 3 N–H and O–H groups in total. The van der Waals surface area contributed by atoms with Crippen LogP contribution in [0.5, 0.6) is 11.5 Å². The van der Waals surface area contributed by atoms with Gasteiger partial charge in [0.05, 0.1) is 25.8 Å². The number of carbonyl (C=O) groups is 1. The van der Waals surface area contributed by atoms with E-state index in [-0.39, 0.29) is 36.6 Å². The van der Waals surface area contributed by atoms with E-state index >= 15 is 0 Å². The van der Waals surface area contributed by atoms with Crippen molar-refractivity contribution in [1.82, 2.24) is 15.3 Å². The summed E-state index contributed by atoms with van der Waals surface area (Å²) in [6, 6.07) is 3.36. The van der Waals surface area contributed by atoms with Crippen LogP contribution < -0.4 is 25.4 Å². The van der Waals surface area contributed by atoms with Gasteiger partial charge >= 0.3 is 0 Å². The Balaban J connectivity index is 0.00000240. The predicted molar refractivity (Wildman–Crippen MR) is 128 cm³/mol. The van der Waals surface area contributed by atoms with Crippen LogP contribution >= 0.6 is 24.8 Å². The van der Waals surface area contributed by atoms with Crippen LogP contribution in [0.3, 0.4) is 0 Å². The quantitative estimate of drug-likeness (QED) is 0.636. The fourth-order valence-corrected chi connectivity index (χ4v) is 3.64. The molecule has 1 aromatic heterocycles. The van der Waals surface area contributed by atoms with Gasteiger partial charge in [-0.05, 0) is 30.7 Å². The number of aromatic nitrogens is 2. The minimum atomic E-state index is -0.450. The SMILES string of the molecule is COc1cc2ncnc(N3CCC(CNC(=O)[C@@H](N)C(C)C)CC3)c2cc1OC.Cl.Cl. The van der Waals surface area contributed by atoms with Crippen LogP contribution in [-0.2, 0) is 4.79 Å². The Labute approximate surface area is 196 Å². The van der Waals surface area contributed by atoms with E-state index in [2.05, 4.69) is 20.2 Å². The zero-order valence-corrected chi connectivity index (χ0v) is 20.1. The average molecular weight is 474 g/mol. The van der Waals surface area contributed by atoms with Gasteiger partial charge < -0.3 is 25.4 Å². The number of carbonyl (C=O) groups excluding carboxylic acids is 1. The highest BCUT2D eigenvalue weighted by Gasteiger charge is 2.24. The number of nitrogens with zero attached hydrogens (tertiary/aromatic N) is 3. The molecule has 2 aromatic rings. The average Bonchev–Trinajstić information content (AvgIpc) is 2.75. The molecule has 0 aliphatic carbocycles. The first kappa shape index (κ1) is 27.0. The standard InChI is InChI=1S/C21H31N5O3.2ClH/c1-13(2)19(22)21(27)23-11-14-5-7-26(8-6-14)20-15-9-17(28-3)18(29-4)10-16(15)24-12-25-20;;/h9-10,12-14,19H,5-8,11,22H2,1-4H3,(H,23,27);2*1H/t19-;;/m0../s1. The van der Waals surface area contributed by atoms with Gasteiger partial charge in [0.1, 0.15) is 12.1 Å². The Morgan fingerprint density at radius 1 is 1.16 bits per heavy atom. The Morgan fingerprint density at radius 3 is 2.35 bits per heavy atom. The lowest BCUT2D eigenvalue weighted by Gasteiger charge is -2.33. The smallest absolute Gasteiger partial charge is 0.237 e. The van der Waals surface area contributed by atoms with E-state index in [0.29, 0.717) is 24.0 Å². The molecule has 1 aliphatic heterocycles. The summed E-state index contributed by atoms with van der Waals surface area (Å²) in [5, 5.41) is 3.95. The molecule has 174 valence electrons. The summed E-state index contributed by atoms with van der Waals surface area (Å²) < 4.78 is 10.8. The number of hydrogen-bond acceptors (Lipinski definition) is 7. The first-order chi connectivity index (χ1) is 13.9. The van der Waals surface area contributed by atoms with E-state index in [9.17, 15) is 4.79 Å². The number of piperidine rings is 1. The van der Waals surface area contributed by atoms with E-state index in [1.165, 1.54) is 0 Å². The summed E-state index contributed by atoms with van der Waals surface area (Å²) >= 11 is 0. The fraction of sp³-hybridized carbons (Fsp3) is 0.571. The number of methoxy groups -OCH3 is 2. The maximum absolute atomic E-state index is 12.1. The number of halogens is 2. The zero-order chi connectivity index (χ0) is 21.0. The van der Waals surface area contributed by atoms with Gasteiger partial charge in [0.2, 0.25) is 5.91 Å². The van der Waals surface area contributed by atoms with Crippen LogP contribution in [0.25, 0.3) is 10.9 Å². The molecule has 1 amide bonds. The Kier molecular flexibility index (Phi) is 10.6. The number of ether oxygens (including phenoxy) is 2. The van der Waals surface area contributed by atoms with Crippen molar-refractivity contribution in [2.75, 3.05) is 38.8 Å². The topological polar surface area (TPSA) is 103 Å². The molecule has 10 heteroatoms. The molecule has 1 fully saturated rings. The summed E-state index contributed by atoms with van der Waals surface area (Å²) in [4.78, 5) is 23.3. The minimum Gasteiger partial charge on any atom is -0.493 e. The molecule has 8 nitrogen and oxygen atoms in total. The van der Waals surface area contributed by atoms with E-state index in [0.717, 1.165) is 42.7 Å². The predicted octanol–water partition coefficient (Wildman–Crippen LogP) is 2.81. The van der Waals surface area contributed by atoms with Crippen LogP contribution in [-0.4, -0.2) is 55.8 Å². The van der Waals surface area contributed by atoms with Crippen LogP contribution in [0.4, 0.5) is 5.82 Å². The third kappa shape index (κ3) is 6.24. The molecule has 31 heavy (non-hydrogen) atoms. The number of rotatable bonds is 7. The van der Waals surface area contributed by atoms with Crippen molar-refractivity contribution in [3.63, 3.8) is 0 Å². The van der Waals surface area contributed by atoms with Crippen molar-refractivity contribution in [2.24, 2.45) is 17.6 Å². The summed E-state index contributed by atoms with van der Waals surface area (Å²) in [6.07, 6.45) is 3.55. The highest BCUT2D eigenvalue weighted by atomic mass is 35.5. The molecule has 1 atom stereocenters. The summed E-state index contributed by atoms with van der Waals surface area (Å²) in [5.41, 5.74) is 6.74. The zero-order valence-electron chi connectivity index (χ0n) is 18.5. The van der Waals surface area contributed by atoms with Crippen LogP contribution in [0, 0.1) is 11.8 Å². The van der Waals surface area contributed by atoms with Crippen molar-refractivity contribution < 1.29 is 14.3 Å². The first-order valence-electron chi connectivity index (χ1n) is 10.1. The molecule has 1 aromatic carbocycles. The molecule has 3 rings (SSSR count).